The number of carbonyl (C=O) groups excluding carboxylic acids is 1. The third-order valence-electron chi connectivity index (χ3n) is 4.78. The summed E-state index contributed by atoms with van der Waals surface area (Å²) in [5.74, 6) is -0.156. The lowest BCUT2D eigenvalue weighted by atomic mass is 10.1. The number of aryl methyl sites for hydroxylation is 1. The average molecular weight is 397 g/mol. The molecule has 0 aliphatic rings. The van der Waals surface area contributed by atoms with Crippen LogP contribution in [0.4, 0.5) is 0 Å². The molecule has 0 fully saturated rings. The van der Waals surface area contributed by atoms with Gasteiger partial charge in [-0.25, -0.2) is 9.97 Å². The molecule has 0 aliphatic heterocycles. The number of nitrogens with zero attached hydrogens (tertiary/aromatic N) is 4. The topological polar surface area (TPSA) is 88.5 Å². The van der Waals surface area contributed by atoms with Crippen LogP contribution in [0.3, 0.4) is 0 Å². The van der Waals surface area contributed by atoms with Gasteiger partial charge in [0.05, 0.1) is 17.3 Å². The molecule has 1 unspecified atom stereocenters. The number of hydrogen-bond donors (Lipinski definition) is 2. The van der Waals surface area contributed by atoms with Crippen molar-refractivity contribution < 1.29 is 4.79 Å². The predicted octanol–water partition coefficient (Wildman–Crippen LogP) is 4.08. The Morgan fingerprint density at radius 3 is 3.00 bits per heavy atom. The molecule has 4 rings (SSSR count). The summed E-state index contributed by atoms with van der Waals surface area (Å²) in [6.07, 6.45) is 5.25. The van der Waals surface area contributed by atoms with Crippen molar-refractivity contribution in [3.63, 3.8) is 0 Å². The van der Waals surface area contributed by atoms with E-state index in [9.17, 15) is 4.79 Å². The molecular weight excluding hydrogens is 376 g/mol. The van der Waals surface area contributed by atoms with Crippen LogP contribution in [0.1, 0.15) is 37.0 Å². The van der Waals surface area contributed by atoms with Crippen LogP contribution in [-0.4, -0.2) is 36.7 Å². The maximum atomic E-state index is 12.7. The summed E-state index contributed by atoms with van der Waals surface area (Å²) in [5, 5.41) is 9.17. The first-order valence-corrected chi connectivity index (χ1v) is 9.63. The number of fused-ring (bicyclic) bond motifs is 2. The molecule has 1 atom stereocenters. The Hall–Kier alpha value is -2.93. The summed E-state index contributed by atoms with van der Waals surface area (Å²) in [6, 6.07) is 5.71. The van der Waals surface area contributed by atoms with E-state index >= 15 is 0 Å². The van der Waals surface area contributed by atoms with Crippen LogP contribution in [0.5, 0.6) is 0 Å². The molecular formula is C20H21ClN6O. The second-order valence-electron chi connectivity index (χ2n) is 6.95. The van der Waals surface area contributed by atoms with E-state index in [1.165, 1.54) is 0 Å². The number of halogens is 1. The summed E-state index contributed by atoms with van der Waals surface area (Å²) < 4.78 is 1.76. The van der Waals surface area contributed by atoms with Crippen molar-refractivity contribution in [1.29, 1.82) is 0 Å². The Morgan fingerprint density at radius 2 is 2.21 bits per heavy atom. The van der Waals surface area contributed by atoms with Gasteiger partial charge in [0.2, 0.25) is 0 Å². The van der Waals surface area contributed by atoms with Gasteiger partial charge in [0, 0.05) is 29.7 Å². The highest BCUT2D eigenvalue weighted by Gasteiger charge is 2.19. The summed E-state index contributed by atoms with van der Waals surface area (Å²) in [4.78, 5) is 24.8. The molecule has 28 heavy (non-hydrogen) atoms. The maximum Gasteiger partial charge on any atom is 0.255 e. The van der Waals surface area contributed by atoms with E-state index in [0.717, 1.165) is 23.7 Å². The van der Waals surface area contributed by atoms with Crippen molar-refractivity contribution in [2.24, 2.45) is 7.05 Å². The van der Waals surface area contributed by atoms with Crippen LogP contribution in [0.2, 0.25) is 5.02 Å². The number of amides is 1. The van der Waals surface area contributed by atoms with Gasteiger partial charge in [-0.15, -0.1) is 0 Å². The number of aromatic amines is 1. The molecule has 1 aromatic carbocycles. The van der Waals surface area contributed by atoms with Crippen molar-refractivity contribution >= 4 is 39.6 Å². The highest BCUT2D eigenvalue weighted by atomic mass is 35.5. The third-order valence-corrected chi connectivity index (χ3v) is 5.02. The number of hydrogen-bond acceptors (Lipinski definition) is 4. The minimum absolute atomic E-state index is 0.100. The Balaban J connectivity index is 1.77. The molecule has 3 heterocycles. The Bertz CT molecular complexity index is 1180. The fourth-order valence-electron chi connectivity index (χ4n) is 3.41. The molecule has 144 valence electrons. The average Bonchev–Trinajstić information content (AvgIpc) is 3.22. The molecule has 0 saturated carbocycles. The lowest BCUT2D eigenvalue weighted by molar-refractivity contribution is 0.0940. The zero-order valence-electron chi connectivity index (χ0n) is 16.0. The molecule has 2 N–H and O–H groups in total. The van der Waals surface area contributed by atoms with Gasteiger partial charge in [0.25, 0.3) is 5.91 Å². The summed E-state index contributed by atoms with van der Waals surface area (Å²) in [7, 11) is 1.86. The van der Waals surface area contributed by atoms with E-state index in [1.807, 2.05) is 32.2 Å². The summed E-state index contributed by atoms with van der Waals surface area (Å²) in [6.45, 7) is 4.09. The smallest absolute Gasteiger partial charge is 0.255 e. The van der Waals surface area contributed by atoms with E-state index in [4.69, 9.17) is 16.6 Å². The number of benzene rings is 1. The van der Waals surface area contributed by atoms with Crippen molar-refractivity contribution in [2.75, 3.05) is 0 Å². The molecule has 0 radical (unpaired) electrons. The number of carbonyl (C=O) groups is 1. The number of nitrogens with one attached hydrogen (secondary N) is 2. The van der Waals surface area contributed by atoms with Crippen molar-refractivity contribution in [2.45, 2.75) is 32.7 Å². The van der Waals surface area contributed by atoms with Gasteiger partial charge in [-0.2, -0.15) is 5.10 Å². The molecule has 3 aromatic heterocycles. The predicted molar refractivity (Wildman–Crippen MR) is 110 cm³/mol. The van der Waals surface area contributed by atoms with E-state index in [0.29, 0.717) is 33.1 Å². The maximum absolute atomic E-state index is 12.7. The van der Waals surface area contributed by atoms with Crippen molar-refractivity contribution in [1.82, 2.24) is 30.0 Å². The first-order chi connectivity index (χ1) is 13.5. The Morgan fingerprint density at radius 1 is 1.39 bits per heavy atom. The molecule has 7 nitrogen and oxygen atoms in total. The lowest BCUT2D eigenvalue weighted by Crippen LogP contribution is -2.32. The van der Waals surface area contributed by atoms with Crippen LogP contribution in [-0.2, 0) is 7.05 Å². The van der Waals surface area contributed by atoms with Crippen molar-refractivity contribution in [3.8, 4) is 11.4 Å². The molecule has 4 aromatic rings. The largest absolute Gasteiger partial charge is 0.349 e. The van der Waals surface area contributed by atoms with Gasteiger partial charge in [-0.3, -0.25) is 9.48 Å². The number of aromatic nitrogens is 5. The molecule has 0 bridgehead atoms. The number of H-pyrrole nitrogens is 1. The van der Waals surface area contributed by atoms with Crippen molar-refractivity contribution in [3.05, 3.63) is 41.2 Å². The molecule has 8 heteroatoms. The van der Waals surface area contributed by atoms with Crippen LogP contribution < -0.4 is 5.32 Å². The highest BCUT2D eigenvalue weighted by molar-refractivity contribution is 6.31. The van der Waals surface area contributed by atoms with E-state index in [-0.39, 0.29) is 11.9 Å². The number of rotatable bonds is 5. The molecule has 0 saturated heterocycles. The van der Waals surface area contributed by atoms with Gasteiger partial charge >= 0.3 is 0 Å². The zero-order valence-corrected chi connectivity index (χ0v) is 16.7. The van der Waals surface area contributed by atoms with Crippen LogP contribution in [0.15, 0.2) is 30.6 Å². The second-order valence-corrected chi connectivity index (χ2v) is 7.39. The van der Waals surface area contributed by atoms with E-state index in [2.05, 4.69) is 27.3 Å². The first kappa shape index (κ1) is 18.4. The first-order valence-electron chi connectivity index (χ1n) is 9.25. The third kappa shape index (κ3) is 3.22. The monoisotopic (exact) mass is 396 g/mol. The fraction of sp³-hybridized carbons (Fsp3) is 0.300. The highest BCUT2D eigenvalue weighted by Crippen LogP contribution is 2.29. The van der Waals surface area contributed by atoms with Crippen LogP contribution in [0.25, 0.3) is 33.5 Å². The quantitative estimate of drug-likeness (QED) is 0.532. The zero-order chi connectivity index (χ0) is 19.8. The second kappa shape index (κ2) is 7.24. The van der Waals surface area contributed by atoms with E-state index < -0.39 is 0 Å². The normalized spacial score (nSPS) is 12.6. The Kier molecular flexibility index (Phi) is 4.77. The van der Waals surface area contributed by atoms with Crippen LogP contribution >= 0.6 is 11.6 Å². The van der Waals surface area contributed by atoms with Crippen LogP contribution in [0, 0.1) is 0 Å². The molecule has 0 spiro atoms. The van der Waals surface area contributed by atoms with Gasteiger partial charge in [-0.1, -0.05) is 24.9 Å². The summed E-state index contributed by atoms with van der Waals surface area (Å²) in [5.41, 5.74) is 3.80. The van der Waals surface area contributed by atoms with Gasteiger partial charge in [-0.05, 0) is 31.5 Å². The van der Waals surface area contributed by atoms with Gasteiger partial charge in [0.1, 0.15) is 16.9 Å². The van der Waals surface area contributed by atoms with Gasteiger partial charge < -0.3 is 10.3 Å². The van der Waals surface area contributed by atoms with E-state index in [1.54, 1.807) is 17.1 Å². The lowest BCUT2D eigenvalue weighted by Gasteiger charge is -2.11. The minimum atomic E-state index is -0.156. The standard InChI is InChI=1S/C20H21ClN6O/c1-4-5-11(2)24-20(28)14-9-22-19-18(14)25-15(10-23-19)17-13-7-6-12(21)8-16(13)27(3)26-17/h6-11H,4-5H2,1-3H3,(H,22,23)(H,24,28). The fourth-order valence-corrected chi connectivity index (χ4v) is 3.57. The molecule has 1 amide bonds. The SMILES string of the molecule is CCCC(C)NC(=O)c1c[nH]c2ncc(-c3nn(C)c4cc(Cl)ccc34)nc12. The van der Waals surface area contributed by atoms with Gasteiger partial charge in [0.15, 0.2) is 5.65 Å². The Labute approximate surface area is 167 Å². The summed E-state index contributed by atoms with van der Waals surface area (Å²) >= 11 is 6.11. The molecule has 0 aliphatic carbocycles. The minimum Gasteiger partial charge on any atom is -0.349 e.